The molecule has 1 aliphatic carbocycles. The number of carbonyl (C=O) groups is 2. The summed E-state index contributed by atoms with van der Waals surface area (Å²) >= 11 is 11.6. The van der Waals surface area contributed by atoms with E-state index >= 15 is 0 Å². The van der Waals surface area contributed by atoms with Crippen LogP contribution in [0.1, 0.15) is 40.7 Å². The fourth-order valence-electron chi connectivity index (χ4n) is 3.34. The van der Waals surface area contributed by atoms with Gasteiger partial charge in [-0.15, -0.1) is 23.5 Å². The predicted molar refractivity (Wildman–Crippen MR) is 113 cm³/mol. The monoisotopic (exact) mass is 428 g/mol. The van der Waals surface area contributed by atoms with Crippen LogP contribution in [0, 0.1) is 6.92 Å². The quantitative estimate of drug-likeness (QED) is 0.513. The molecule has 1 aliphatic heterocycles. The Kier molecular flexibility index (Phi) is 6.83. The molecule has 0 saturated carbocycles. The van der Waals surface area contributed by atoms with E-state index in [0.717, 1.165) is 28.9 Å². The van der Waals surface area contributed by atoms with Crippen molar-refractivity contribution in [1.29, 1.82) is 0 Å². The van der Waals surface area contributed by atoms with Gasteiger partial charge in [0.1, 0.15) is 0 Å². The second-order valence-corrected chi connectivity index (χ2v) is 10.4. The van der Waals surface area contributed by atoms with Gasteiger partial charge in [-0.2, -0.15) is 11.8 Å². The summed E-state index contributed by atoms with van der Waals surface area (Å²) < 4.78 is 0.415. The third-order valence-corrected chi connectivity index (χ3v) is 8.95. The smallest absolute Gasteiger partial charge is 0.198 e. The number of hydrogen-bond acceptors (Lipinski definition) is 6. The first-order valence-corrected chi connectivity index (χ1v) is 12.1. The van der Waals surface area contributed by atoms with Crippen LogP contribution in [0.4, 0.5) is 0 Å². The number of ketones is 2. The minimum absolute atomic E-state index is 0.0236. The molecule has 0 saturated heterocycles. The molecule has 1 aromatic rings. The number of aryl methyl sites for hydroxylation is 1. The van der Waals surface area contributed by atoms with E-state index in [-0.39, 0.29) is 23.7 Å². The summed E-state index contributed by atoms with van der Waals surface area (Å²) in [6.07, 6.45) is 4.78. The summed E-state index contributed by atoms with van der Waals surface area (Å²) in [4.78, 5) is 27.7. The highest BCUT2D eigenvalue weighted by atomic mass is 35.5. The van der Waals surface area contributed by atoms with Crippen LogP contribution >= 0.6 is 46.9 Å². The average molecular weight is 429 g/mol. The summed E-state index contributed by atoms with van der Waals surface area (Å²) in [6.45, 7) is 2.02. The van der Waals surface area contributed by atoms with E-state index in [2.05, 4.69) is 6.26 Å². The van der Waals surface area contributed by atoms with Gasteiger partial charge in [-0.3, -0.25) is 9.59 Å². The molecule has 140 valence electrons. The molecular weight excluding hydrogens is 408 g/mol. The molecule has 0 aromatic heterocycles. The van der Waals surface area contributed by atoms with Gasteiger partial charge in [-0.05, 0) is 54.5 Å². The van der Waals surface area contributed by atoms with Crippen LogP contribution in [0.25, 0.3) is 0 Å². The average Bonchev–Trinajstić information content (AvgIpc) is 3.08. The van der Waals surface area contributed by atoms with E-state index in [9.17, 15) is 9.59 Å². The number of aliphatic hydroxyl groups is 1. The molecule has 0 spiro atoms. The van der Waals surface area contributed by atoms with Crippen LogP contribution < -0.4 is 0 Å². The van der Waals surface area contributed by atoms with Crippen LogP contribution in [-0.4, -0.2) is 39.9 Å². The zero-order chi connectivity index (χ0) is 18.8. The van der Waals surface area contributed by atoms with Crippen molar-refractivity contribution in [3.05, 3.63) is 38.3 Å². The Morgan fingerprint density at radius 2 is 2.19 bits per heavy atom. The lowest BCUT2D eigenvalue weighted by Gasteiger charge is -2.19. The number of halogens is 1. The molecule has 3 rings (SSSR count). The highest BCUT2D eigenvalue weighted by molar-refractivity contribution is 8.17. The van der Waals surface area contributed by atoms with Crippen molar-refractivity contribution in [1.82, 2.24) is 0 Å². The number of fused-ring (bicyclic) bond motifs is 1. The van der Waals surface area contributed by atoms with Gasteiger partial charge in [0.05, 0.1) is 21.8 Å². The Hall–Kier alpha value is -0.400. The molecule has 26 heavy (non-hydrogen) atoms. The molecule has 3 nitrogen and oxygen atoms in total. The summed E-state index contributed by atoms with van der Waals surface area (Å²) in [6, 6.07) is 1.84. The number of aliphatic hydroxyl groups excluding tert-OH is 1. The Morgan fingerprint density at radius 3 is 2.88 bits per heavy atom. The van der Waals surface area contributed by atoms with Gasteiger partial charge < -0.3 is 5.11 Å². The van der Waals surface area contributed by atoms with Gasteiger partial charge in [0.2, 0.25) is 0 Å². The maximum Gasteiger partial charge on any atom is 0.198 e. The third kappa shape index (κ3) is 3.90. The first-order chi connectivity index (χ1) is 12.5. The maximum atomic E-state index is 13.3. The van der Waals surface area contributed by atoms with Crippen molar-refractivity contribution in [2.24, 2.45) is 0 Å². The minimum atomic E-state index is -0.261. The Balaban J connectivity index is 2.03. The van der Waals surface area contributed by atoms with Crippen LogP contribution in [-0.2, 0) is 11.2 Å². The summed E-state index contributed by atoms with van der Waals surface area (Å²) in [5, 5.41) is 9.60. The molecule has 1 atom stereocenters. The van der Waals surface area contributed by atoms with Crippen molar-refractivity contribution in [2.75, 3.05) is 18.6 Å². The molecule has 1 unspecified atom stereocenters. The number of allylic oxidation sites excluding steroid dienone is 2. The van der Waals surface area contributed by atoms with E-state index in [0.29, 0.717) is 33.8 Å². The lowest BCUT2D eigenvalue weighted by molar-refractivity contribution is -0.115. The fourth-order valence-corrected chi connectivity index (χ4v) is 6.78. The summed E-state index contributed by atoms with van der Waals surface area (Å²) in [5.41, 5.74) is 2.80. The highest BCUT2D eigenvalue weighted by Gasteiger charge is 2.32. The van der Waals surface area contributed by atoms with Gasteiger partial charge in [0, 0.05) is 22.6 Å². The fraction of sp³-hybridized carbons (Fsp3) is 0.474. The van der Waals surface area contributed by atoms with Gasteiger partial charge in [0.25, 0.3) is 0 Å². The number of rotatable bonds is 6. The first-order valence-electron chi connectivity index (χ1n) is 8.54. The van der Waals surface area contributed by atoms with E-state index in [4.69, 9.17) is 16.7 Å². The molecule has 1 heterocycles. The number of benzene rings is 1. The zero-order valence-corrected chi connectivity index (χ0v) is 18.0. The molecule has 0 fully saturated rings. The van der Waals surface area contributed by atoms with Crippen LogP contribution in [0.2, 0.25) is 5.02 Å². The topological polar surface area (TPSA) is 54.4 Å². The Labute approximate surface area is 171 Å². The third-order valence-electron chi connectivity index (χ3n) is 4.58. The van der Waals surface area contributed by atoms with E-state index in [1.165, 1.54) is 16.7 Å². The van der Waals surface area contributed by atoms with Gasteiger partial charge in [-0.1, -0.05) is 11.6 Å². The molecule has 2 aliphatic rings. The zero-order valence-electron chi connectivity index (χ0n) is 14.8. The lowest BCUT2D eigenvalue weighted by atomic mass is 9.90. The van der Waals surface area contributed by atoms with E-state index in [1.807, 2.05) is 13.0 Å². The maximum absolute atomic E-state index is 13.3. The second-order valence-electron chi connectivity index (χ2n) is 6.33. The number of Topliss-reactive ketones (excluding diaryl/α,β-unsaturated/α-hetero) is 2. The number of hydrogen-bond donors (Lipinski definition) is 1. The molecular formula is C19H21ClO3S3. The lowest BCUT2D eigenvalue weighted by Crippen LogP contribution is -2.20. The van der Waals surface area contributed by atoms with Crippen LogP contribution in [0.15, 0.2) is 21.4 Å². The largest absolute Gasteiger partial charge is 0.396 e. The van der Waals surface area contributed by atoms with E-state index in [1.54, 1.807) is 23.5 Å². The van der Waals surface area contributed by atoms with Crippen LogP contribution in [0.3, 0.4) is 0 Å². The normalized spacial score (nSPS) is 19.8. The van der Waals surface area contributed by atoms with E-state index < -0.39 is 0 Å². The molecule has 0 bridgehead atoms. The SMILES string of the molecule is CSC1Cc2c(Cl)c(C(=O)C3=C(SCCO)CCCC3=O)cc(C)c2S1. The van der Waals surface area contributed by atoms with Gasteiger partial charge in [-0.25, -0.2) is 0 Å². The Bertz CT molecular complexity index is 789. The summed E-state index contributed by atoms with van der Waals surface area (Å²) in [7, 11) is 0. The molecule has 0 radical (unpaired) electrons. The van der Waals surface area contributed by atoms with Gasteiger partial charge in [0.15, 0.2) is 11.6 Å². The van der Waals surface area contributed by atoms with Crippen molar-refractivity contribution in [3.63, 3.8) is 0 Å². The second kappa shape index (κ2) is 8.74. The summed E-state index contributed by atoms with van der Waals surface area (Å²) in [5.74, 6) is 0.124. The number of thioether (sulfide) groups is 3. The standard InChI is InChI=1S/C19H21ClO3S3/c1-10-8-11(17(20)12-9-15(24-2)26-19(10)12)18(23)16-13(22)4-3-5-14(16)25-7-6-21/h8,15,21H,3-7,9H2,1-2H3. The van der Waals surface area contributed by atoms with Crippen LogP contribution in [0.5, 0.6) is 0 Å². The van der Waals surface area contributed by atoms with Crippen molar-refractivity contribution < 1.29 is 14.7 Å². The minimum Gasteiger partial charge on any atom is -0.396 e. The molecule has 1 aromatic carbocycles. The van der Waals surface area contributed by atoms with Crippen molar-refractivity contribution in [2.45, 2.75) is 42.1 Å². The first kappa shape index (κ1) is 20.3. The predicted octanol–water partition coefficient (Wildman–Crippen LogP) is 4.90. The van der Waals surface area contributed by atoms with Gasteiger partial charge >= 0.3 is 0 Å². The van der Waals surface area contributed by atoms with Crippen molar-refractivity contribution >= 4 is 58.5 Å². The highest BCUT2D eigenvalue weighted by Crippen LogP contribution is 2.47. The molecule has 1 N–H and O–H groups in total. The Morgan fingerprint density at radius 1 is 1.42 bits per heavy atom. The van der Waals surface area contributed by atoms with Crippen molar-refractivity contribution in [3.8, 4) is 0 Å². The number of carbonyl (C=O) groups excluding carboxylic acids is 2. The molecule has 0 amide bonds. The molecule has 7 heteroatoms.